The summed E-state index contributed by atoms with van der Waals surface area (Å²) in [5.41, 5.74) is 6.78. The fourth-order valence-electron chi connectivity index (χ4n) is 2.34. The van der Waals surface area contributed by atoms with Crippen molar-refractivity contribution in [3.8, 4) is 5.75 Å². The summed E-state index contributed by atoms with van der Waals surface area (Å²) in [7, 11) is 0. The fraction of sp³-hybridized carbons (Fsp3) is 0.533. The number of nitrogens with one attached hydrogen (secondary N) is 1. The zero-order valence-electron chi connectivity index (χ0n) is 11.9. The van der Waals surface area contributed by atoms with Crippen molar-refractivity contribution >= 4 is 11.6 Å². The second-order valence-corrected chi connectivity index (χ2v) is 4.92. The Morgan fingerprint density at radius 1 is 1.45 bits per heavy atom. The van der Waals surface area contributed by atoms with Crippen LogP contribution in [-0.2, 0) is 4.74 Å². The SMILES string of the molecule is CCOc1cccc(N)c1C(=O)NCC1CCOCC1. The van der Waals surface area contributed by atoms with Gasteiger partial charge in [0.2, 0.25) is 0 Å². The van der Waals surface area contributed by atoms with Gasteiger partial charge in [-0.3, -0.25) is 4.79 Å². The number of benzene rings is 1. The highest BCUT2D eigenvalue weighted by atomic mass is 16.5. The van der Waals surface area contributed by atoms with Gasteiger partial charge in [-0.1, -0.05) is 6.07 Å². The van der Waals surface area contributed by atoms with Gasteiger partial charge >= 0.3 is 0 Å². The molecule has 1 aliphatic heterocycles. The van der Waals surface area contributed by atoms with E-state index in [1.165, 1.54) is 0 Å². The molecule has 5 heteroatoms. The Bertz CT molecular complexity index is 456. The summed E-state index contributed by atoms with van der Waals surface area (Å²) >= 11 is 0. The molecular formula is C15H22N2O3. The predicted octanol–water partition coefficient (Wildman–Crippen LogP) is 1.82. The van der Waals surface area contributed by atoms with E-state index in [4.69, 9.17) is 15.2 Å². The number of hydrogen-bond acceptors (Lipinski definition) is 4. The summed E-state index contributed by atoms with van der Waals surface area (Å²) in [6, 6.07) is 5.27. The number of carbonyl (C=O) groups excluding carboxylic acids is 1. The molecule has 1 aromatic carbocycles. The van der Waals surface area contributed by atoms with Crippen LogP contribution in [0.15, 0.2) is 18.2 Å². The van der Waals surface area contributed by atoms with Crippen LogP contribution in [0.5, 0.6) is 5.75 Å². The van der Waals surface area contributed by atoms with Gasteiger partial charge in [0, 0.05) is 25.4 Å². The third-order valence-corrected chi connectivity index (χ3v) is 3.48. The third kappa shape index (κ3) is 3.63. The Morgan fingerprint density at radius 2 is 2.20 bits per heavy atom. The van der Waals surface area contributed by atoms with Crippen LogP contribution in [0, 0.1) is 5.92 Å². The van der Waals surface area contributed by atoms with Gasteiger partial charge in [0.1, 0.15) is 11.3 Å². The zero-order chi connectivity index (χ0) is 14.4. The first-order chi connectivity index (χ1) is 9.72. The van der Waals surface area contributed by atoms with Crippen molar-refractivity contribution in [2.45, 2.75) is 19.8 Å². The van der Waals surface area contributed by atoms with E-state index in [1.807, 2.05) is 6.92 Å². The average molecular weight is 278 g/mol. The summed E-state index contributed by atoms with van der Waals surface area (Å²) in [4.78, 5) is 12.3. The molecule has 0 bridgehead atoms. The van der Waals surface area contributed by atoms with Crippen LogP contribution in [0.1, 0.15) is 30.1 Å². The first kappa shape index (κ1) is 14.7. The van der Waals surface area contributed by atoms with Crippen LogP contribution in [0.3, 0.4) is 0 Å². The maximum absolute atomic E-state index is 12.3. The molecule has 1 fully saturated rings. The first-order valence-electron chi connectivity index (χ1n) is 7.09. The van der Waals surface area contributed by atoms with E-state index in [1.54, 1.807) is 18.2 Å². The van der Waals surface area contributed by atoms with Crippen LogP contribution in [0.25, 0.3) is 0 Å². The van der Waals surface area contributed by atoms with Gasteiger partial charge in [0.05, 0.1) is 6.61 Å². The predicted molar refractivity (Wildman–Crippen MR) is 77.9 cm³/mol. The van der Waals surface area contributed by atoms with Crippen LogP contribution in [-0.4, -0.2) is 32.3 Å². The summed E-state index contributed by atoms with van der Waals surface area (Å²) in [6.45, 7) is 4.59. The highest BCUT2D eigenvalue weighted by molar-refractivity contribution is 6.01. The fourth-order valence-corrected chi connectivity index (χ4v) is 2.34. The second kappa shape index (κ2) is 7.14. The minimum atomic E-state index is -0.168. The average Bonchev–Trinajstić information content (AvgIpc) is 2.46. The normalized spacial score (nSPS) is 15.8. The molecule has 1 amide bonds. The number of nitrogens with two attached hydrogens (primary N) is 1. The molecule has 5 nitrogen and oxygen atoms in total. The monoisotopic (exact) mass is 278 g/mol. The number of anilines is 1. The zero-order valence-corrected chi connectivity index (χ0v) is 11.9. The summed E-state index contributed by atoms with van der Waals surface area (Å²) in [6.07, 6.45) is 1.98. The Balaban J connectivity index is 2.00. The van der Waals surface area contributed by atoms with E-state index in [-0.39, 0.29) is 5.91 Å². The minimum absolute atomic E-state index is 0.168. The lowest BCUT2D eigenvalue weighted by atomic mass is 10.0. The van der Waals surface area contributed by atoms with Gasteiger partial charge in [-0.15, -0.1) is 0 Å². The molecule has 0 saturated carbocycles. The van der Waals surface area contributed by atoms with Crippen molar-refractivity contribution in [1.82, 2.24) is 5.32 Å². The largest absolute Gasteiger partial charge is 0.493 e. The topological polar surface area (TPSA) is 73.6 Å². The van der Waals surface area contributed by atoms with E-state index in [0.717, 1.165) is 26.1 Å². The van der Waals surface area contributed by atoms with E-state index in [0.29, 0.717) is 36.1 Å². The molecule has 3 N–H and O–H groups in total. The van der Waals surface area contributed by atoms with Crippen LogP contribution in [0.2, 0.25) is 0 Å². The highest BCUT2D eigenvalue weighted by Crippen LogP contribution is 2.24. The molecule has 1 aromatic rings. The van der Waals surface area contributed by atoms with Crippen LogP contribution < -0.4 is 15.8 Å². The van der Waals surface area contributed by atoms with E-state index < -0.39 is 0 Å². The van der Waals surface area contributed by atoms with Crippen LogP contribution in [0.4, 0.5) is 5.69 Å². The van der Waals surface area contributed by atoms with Gasteiger partial charge in [0.25, 0.3) is 5.91 Å². The third-order valence-electron chi connectivity index (χ3n) is 3.48. The van der Waals surface area contributed by atoms with Crippen molar-refractivity contribution in [2.75, 3.05) is 32.1 Å². The highest BCUT2D eigenvalue weighted by Gasteiger charge is 2.19. The van der Waals surface area contributed by atoms with E-state index in [9.17, 15) is 4.79 Å². The number of amides is 1. The Kier molecular flexibility index (Phi) is 5.24. The lowest BCUT2D eigenvalue weighted by Gasteiger charge is -2.22. The molecule has 0 aliphatic carbocycles. The van der Waals surface area contributed by atoms with Crippen LogP contribution >= 0.6 is 0 Å². The van der Waals surface area contributed by atoms with Crippen molar-refractivity contribution in [2.24, 2.45) is 5.92 Å². The maximum Gasteiger partial charge on any atom is 0.257 e. The Morgan fingerprint density at radius 3 is 2.90 bits per heavy atom. The van der Waals surface area contributed by atoms with Gasteiger partial charge in [-0.2, -0.15) is 0 Å². The van der Waals surface area contributed by atoms with Gasteiger partial charge < -0.3 is 20.5 Å². The number of hydrogen-bond donors (Lipinski definition) is 2. The Hall–Kier alpha value is -1.75. The molecule has 0 spiro atoms. The van der Waals surface area contributed by atoms with Gasteiger partial charge in [0.15, 0.2) is 0 Å². The molecule has 1 saturated heterocycles. The van der Waals surface area contributed by atoms with Gasteiger partial charge in [-0.05, 0) is 37.8 Å². The molecule has 1 heterocycles. The standard InChI is InChI=1S/C15H22N2O3/c1-2-20-13-5-3-4-12(16)14(13)15(18)17-10-11-6-8-19-9-7-11/h3-5,11H,2,6-10,16H2,1H3,(H,17,18). The molecule has 1 aliphatic rings. The number of nitrogen functional groups attached to an aromatic ring is 1. The van der Waals surface area contributed by atoms with Gasteiger partial charge in [-0.25, -0.2) is 0 Å². The Labute approximate surface area is 119 Å². The number of ether oxygens (including phenoxy) is 2. The quantitative estimate of drug-likeness (QED) is 0.806. The number of carbonyl (C=O) groups is 1. The van der Waals surface area contributed by atoms with E-state index in [2.05, 4.69) is 5.32 Å². The molecule has 20 heavy (non-hydrogen) atoms. The molecule has 0 radical (unpaired) electrons. The van der Waals surface area contributed by atoms with Crippen molar-refractivity contribution in [3.63, 3.8) is 0 Å². The molecule has 0 aromatic heterocycles. The summed E-state index contributed by atoms with van der Waals surface area (Å²) in [5.74, 6) is 0.850. The smallest absolute Gasteiger partial charge is 0.257 e. The molecule has 2 rings (SSSR count). The molecule has 0 atom stereocenters. The minimum Gasteiger partial charge on any atom is -0.493 e. The van der Waals surface area contributed by atoms with Crippen molar-refractivity contribution in [3.05, 3.63) is 23.8 Å². The lowest BCUT2D eigenvalue weighted by Crippen LogP contribution is -2.32. The second-order valence-electron chi connectivity index (χ2n) is 4.92. The summed E-state index contributed by atoms with van der Waals surface area (Å²) < 4.78 is 10.8. The van der Waals surface area contributed by atoms with E-state index >= 15 is 0 Å². The van der Waals surface area contributed by atoms with Crippen molar-refractivity contribution < 1.29 is 14.3 Å². The molecular weight excluding hydrogens is 256 g/mol. The van der Waals surface area contributed by atoms with Crippen molar-refractivity contribution in [1.29, 1.82) is 0 Å². The molecule has 0 unspecified atom stereocenters. The summed E-state index contributed by atoms with van der Waals surface area (Å²) in [5, 5.41) is 2.95. The maximum atomic E-state index is 12.3. The number of rotatable bonds is 5. The lowest BCUT2D eigenvalue weighted by molar-refractivity contribution is 0.0642. The molecule has 110 valence electrons. The first-order valence-corrected chi connectivity index (χ1v) is 7.09.